The maximum atomic E-state index is 11.9. The van der Waals surface area contributed by atoms with Crippen molar-refractivity contribution in [3.63, 3.8) is 0 Å². The van der Waals surface area contributed by atoms with Gasteiger partial charge in [-0.2, -0.15) is 5.10 Å². The number of furan rings is 1. The fourth-order valence-corrected chi connectivity index (χ4v) is 2.19. The van der Waals surface area contributed by atoms with E-state index in [1.165, 1.54) is 0 Å². The number of amides is 1. The van der Waals surface area contributed by atoms with Gasteiger partial charge in [-0.3, -0.25) is 9.48 Å². The van der Waals surface area contributed by atoms with Gasteiger partial charge >= 0.3 is 0 Å². The molecule has 1 N–H and O–H groups in total. The summed E-state index contributed by atoms with van der Waals surface area (Å²) in [7, 11) is 1.81. The molecule has 0 saturated carbocycles. The lowest BCUT2D eigenvalue weighted by atomic mass is 10.2. The molecule has 0 saturated heterocycles. The minimum atomic E-state index is -0.0728. The Labute approximate surface area is 128 Å². The van der Waals surface area contributed by atoms with Gasteiger partial charge < -0.3 is 9.73 Å². The third kappa shape index (κ3) is 3.44. The van der Waals surface area contributed by atoms with E-state index in [0.29, 0.717) is 18.7 Å². The minimum Gasteiger partial charge on any atom is -0.461 e. The van der Waals surface area contributed by atoms with Crippen LogP contribution < -0.4 is 5.32 Å². The zero-order valence-electron chi connectivity index (χ0n) is 12.3. The number of nitrogens with zero attached hydrogens (tertiary/aromatic N) is 2. The van der Waals surface area contributed by atoms with E-state index in [9.17, 15) is 4.79 Å². The van der Waals surface area contributed by atoms with Gasteiger partial charge in [0.1, 0.15) is 11.5 Å². The number of nitrogens with one attached hydrogen (secondary N) is 1. The van der Waals surface area contributed by atoms with Crippen LogP contribution in [0, 0.1) is 0 Å². The van der Waals surface area contributed by atoms with Gasteiger partial charge in [0, 0.05) is 37.7 Å². The predicted molar refractivity (Wildman–Crippen MR) is 84.3 cm³/mol. The second-order valence-electron chi connectivity index (χ2n) is 5.05. The van der Waals surface area contributed by atoms with E-state index in [4.69, 9.17) is 4.42 Å². The van der Waals surface area contributed by atoms with E-state index >= 15 is 0 Å². The summed E-state index contributed by atoms with van der Waals surface area (Å²) in [6, 6.07) is 15.5. The standard InChI is InChI=1S/C17H17N3O2/c1-20-12-11-16(19-20)18-17(21)10-8-14-7-9-15(22-14)13-5-3-2-4-6-13/h2-7,9,11-12H,8,10H2,1H3,(H,18,19,21). The third-order valence-corrected chi connectivity index (χ3v) is 3.30. The smallest absolute Gasteiger partial charge is 0.226 e. The van der Waals surface area contributed by atoms with Crippen LogP contribution in [-0.2, 0) is 18.3 Å². The second kappa shape index (κ2) is 6.30. The predicted octanol–water partition coefficient (Wildman–Crippen LogP) is 3.25. The van der Waals surface area contributed by atoms with Crippen molar-refractivity contribution in [3.8, 4) is 11.3 Å². The van der Waals surface area contributed by atoms with Crippen molar-refractivity contribution >= 4 is 11.7 Å². The Morgan fingerprint density at radius 2 is 2.00 bits per heavy atom. The third-order valence-electron chi connectivity index (χ3n) is 3.30. The molecule has 0 bridgehead atoms. The summed E-state index contributed by atoms with van der Waals surface area (Å²) in [5.41, 5.74) is 1.03. The summed E-state index contributed by atoms with van der Waals surface area (Å²) in [5, 5.41) is 6.87. The highest BCUT2D eigenvalue weighted by atomic mass is 16.3. The number of carbonyl (C=O) groups is 1. The van der Waals surface area contributed by atoms with Gasteiger partial charge in [-0.1, -0.05) is 30.3 Å². The van der Waals surface area contributed by atoms with Gasteiger partial charge in [-0.15, -0.1) is 0 Å². The molecular formula is C17H17N3O2. The Hall–Kier alpha value is -2.82. The van der Waals surface area contributed by atoms with Crippen molar-refractivity contribution in [2.75, 3.05) is 5.32 Å². The molecule has 0 fully saturated rings. The average molecular weight is 295 g/mol. The van der Waals surface area contributed by atoms with Crippen molar-refractivity contribution < 1.29 is 9.21 Å². The largest absolute Gasteiger partial charge is 0.461 e. The molecule has 0 aliphatic carbocycles. The van der Waals surface area contributed by atoms with Gasteiger partial charge in [-0.25, -0.2) is 0 Å². The molecule has 0 unspecified atom stereocenters. The number of hydrogen-bond acceptors (Lipinski definition) is 3. The molecule has 3 aromatic rings. The van der Waals surface area contributed by atoms with Crippen LogP contribution in [0.2, 0.25) is 0 Å². The summed E-state index contributed by atoms with van der Waals surface area (Å²) in [5.74, 6) is 2.11. The number of benzene rings is 1. The average Bonchev–Trinajstić information content (AvgIpc) is 3.15. The Kier molecular flexibility index (Phi) is 4.05. The number of anilines is 1. The van der Waals surface area contributed by atoms with Crippen molar-refractivity contribution in [2.24, 2.45) is 7.05 Å². The van der Waals surface area contributed by atoms with Gasteiger partial charge in [0.25, 0.3) is 0 Å². The molecule has 0 atom stereocenters. The van der Waals surface area contributed by atoms with Crippen LogP contribution in [0.1, 0.15) is 12.2 Å². The zero-order chi connectivity index (χ0) is 15.4. The van der Waals surface area contributed by atoms with Crippen LogP contribution in [-0.4, -0.2) is 15.7 Å². The van der Waals surface area contributed by atoms with Crippen LogP contribution in [0.25, 0.3) is 11.3 Å². The van der Waals surface area contributed by atoms with E-state index in [0.717, 1.165) is 17.1 Å². The van der Waals surface area contributed by atoms with Crippen LogP contribution in [0.15, 0.2) is 59.1 Å². The lowest BCUT2D eigenvalue weighted by molar-refractivity contribution is -0.116. The number of aromatic nitrogens is 2. The molecule has 3 rings (SSSR count). The van der Waals surface area contributed by atoms with Crippen molar-refractivity contribution in [2.45, 2.75) is 12.8 Å². The first-order valence-corrected chi connectivity index (χ1v) is 7.14. The maximum Gasteiger partial charge on any atom is 0.226 e. The van der Waals surface area contributed by atoms with E-state index < -0.39 is 0 Å². The number of aryl methyl sites for hydroxylation is 2. The summed E-state index contributed by atoms with van der Waals surface area (Å²) in [6.07, 6.45) is 2.71. The molecule has 5 heteroatoms. The Bertz CT molecular complexity index is 759. The molecule has 0 spiro atoms. The number of rotatable bonds is 5. The first kappa shape index (κ1) is 14.1. The zero-order valence-corrected chi connectivity index (χ0v) is 12.3. The van der Waals surface area contributed by atoms with Crippen molar-refractivity contribution in [3.05, 3.63) is 60.5 Å². The maximum absolute atomic E-state index is 11.9. The molecule has 22 heavy (non-hydrogen) atoms. The van der Waals surface area contributed by atoms with Crippen molar-refractivity contribution in [1.82, 2.24) is 9.78 Å². The van der Waals surface area contributed by atoms with E-state index in [-0.39, 0.29) is 5.91 Å². The molecular weight excluding hydrogens is 278 g/mol. The number of carbonyl (C=O) groups excluding carboxylic acids is 1. The second-order valence-corrected chi connectivity index (χ2v) is 5.05. The van der Waals surface area contributed by atoms with Gasteiger partial charge in [-0.05, 0) is 12.1 Å². The van der Waals surface area contributed by atoms with Gasteiger partial charge in [0.05, 0.1) is 0 Å². The normalized spacial score (nSPS) is 10.6. The molecule has 112 valence electrons. The first-order chi connectivity index (χ1) is 10.7. The SMILES string of the molecule is Cn1ccc(NC(=O)CCc2ccc(-c3ccccc3)o2)n1. The summed E-state index contributed by atoms with van der Waals surface area (Å²) < 4.78 is 7.42. The van der Waals surface area contributed by atoms with E-state index in [1.807, 2.05) is 49.5 Å². The highest BCUT2D eigenvalue weighted by Crippen LogP contribution is 2.22. The molecule has 5 nitrogen and oxygen atoms in total. The topological polar surface area (TPSA) is 60.1 Å². The van der Waals surface area contributed by atoms with Gasteiger partial charge in [0.2, 0.25) is 5.91 Å². The fraction of sp³-hybridized carbons (Fsp3) is 0.176. The Morgan fingerprint density at radius 3 is 2.73 bits per heavy atom. The highest BCUT2D eigenvalue weighted by Gasteiger charge is 2.08. The molecule has 2 heterocycles. The molecule has 0 radical (unpaired) electrons. The van der Waals surface area contributed by atoms with Crippen LogP contribution in [0.3, 0.4) is 0 Å². The fourth-order valence-electron chi connectivity index (χ4n) is 2.19. The number of hydrogen-bond donors (Lipinski definition) is 1. The molecule has 0 aliphatic heterocycles. The van der Waals surface area contributed by atoms with Crippen LogP contribution in [0.5, 0.6) is 0 Å². The summed E-state index contributed by atoms with van der Waals surface area (Å²) in [4.78, 5) is 11.9. The monoisotopic (exact) mass is 295 g/mol. The molecule has 1 amide bonds. The van der Waals surface area contributed by atoms with E-state index in [1.54, 1.807) is 16.9 Å². The summed E-state index contributed by atoms with van der Waals surface area (Å²) >= 11 is 0. The van der Waals surface area contributed by atoms with Crippen molar-refractivity contribution in [1.29, 1.82) is 0 Å². The summed E-state index contributed by atoms with van der Waals surface area (Å²) in [6.45, 7) is 0. The first-order valence-electron chi connectivity index (χ1n) is 7.14. The molecule has 0 aliphatic rings. The Balaban J connectivity index is 1.56. The van der Waals surface area contributed by atoms with Crippen LogP contribution >= 0.6 is 0 Å². The lowest BCUT2D eigenvalue weighted by Crippen LogP contribution is -2.12. The lowest BCUT2D eigenvalue weighted by Gasteiger charge is -2.01. The molecule has 2 aromatic heterocycles. The van der Waals surface area contributed by atoms with Gasteiger partial charge in [0.15, 0.2) is 5.82 Å². The highest BCUT2D eigenvalue weighted by molar-refractivity contribution is 5.89. The minimum absolute atomic E-state index is 0.0728. The Morgan fingerprint density at radius 1 is 1.18 bits per heavy atom. The van der Waals surface area contributed by atoms with E-state index in [2.05, 4.69) is 10.4 Å². The van der Waals surface area contributed by atoms with Crippen LogP contribution in [0.4, 0.5) is 5.82 Å². The quantitative estimate of drug-likeness (QED) is 0.786. The molecule has 1 aromatic carbocycles.